The maximum Gasteiger partial charge on any atom is 0.320 e. The molecule has 9 heteroatoms. The minimum Gasteiger partial charge on any atom is -0.480 e. The fraction of sp³-hybridized carbons (Fsp3) is 0.833. The molecule has 0 atom stereocenters. The molecule has 0 saturated heterocycles. The highest BCUT2D eigenvalue weighted by atomic mass is 32.2. The third kappa shape index (κ3) is 5.60. The second-order valence-electron chi connectivity index (χ2n) is 2.62. The highest BCUT2D eigenvalue weighted by Gasteiger charge is 2.27. The van der Waals surface area contributed by atoms with Gasteiger partial charge < -0.3 is 10.2 Å². The van der Waals surface area contributed by atoms with Crippen LogP contribution in [0.4, 0.5) is 8.78 Å². The minimum absolute atomic E-state index is 0.256. The zero-order valence-corrected chi connectivity index (χ0v) is 8.45. The first-order valence-electron chi connectivity index (χ1n) is 3.88. The van der Waals surface area contributed by atoms with E-state index in [9.17, 15) is 22.0 Å². The van der Waals surface area contributed by atoms with Crippen LogP contribution in [-0.4, -0.2) is 60.8 Å². The number of carboxylic acid groups (broad SMARTS) is 1. The molecule has 0 saturated carbocycles. The second kappa shape index (κ2) is 5.93. The molecule has 0 aromatic heterocycles. The summed E-state index contributed by atoms with van der Waals surface area (Å²) in [4.78, 5) is 10.2. The molecule has 0 bridgehead atoms. The van der Waals surface area contributed by atoms with Gasteiger partial charge in [0.25, 0.3) is 6.43 Å². The summed E-state index contributed by atoms with van der Waals surface area (Å²) in [5.74, 6) is -2.90. The molecule has 2 N–H and O–H groups in total. The van der Waals surface area contributed by atoms with Gasteiger partial charge in [-0.3, -0.25) is 4.79 Å². The summed E-state index contributed by atoms with van der Waals surface area (Å²) in [7, 11) is -4.29. The van der Waals surface area contributed by atoms with Crippen LogP contribution >= 0.6 is 0 Å². The van der Waals surface area contributed by atoms with Crippen LogP contribution < -0.4 is 0 Å². The van der Waals surface area contributed by atoms with Crippen LogP contribution in [0.3, 0.4) is 0 Å². The Morgan fingerprint density at radius 2 is 1.93 bits per heavy atom. The number of hydrogen-bond donors (Lipinski definition) is 2. The molecule has 0 radical (unpaired) electrons. The van der Waals surface area contributed by atoms with Crippen molar-refractivity contribution in [1.29, 1.82) is 0 Å². The molecule has 6 nitrogen and oxygen atoms in total. The molecule has 15 heavy (non-hydrogen) atoms. The molecule has 0 aliphatic carbocycles. The highest BCUT2D eigenvalue weighted by molar-refractivity contribution is 7.89. The molecule has 0 fully saturated rings. The molecular weight excluding hydrogens is 236 g/mol. The van der Waals surface area contributed by atoms with E-state index in [1.165, 1.54) is 0 Å². The second-order valence-corrected chi connectivity index (χ2v) is 4.59. The van der Waals surface area contributed by atoms with E-state index in [0.717, 1.165) is 0 Å². The lowest BCUT2D eigenvalue weighted by Gasteiger charge is -2.19. The van der Waals surface area contributed by atoms with Crippen molar-refractivity contribution in [3.05, 3.63) is 0 Å². The van der Waals surface area contributed by atoms with Gasteiger partial charge in [0.1, 0.15) is 0 Å². The molecule has 0 heterocycles. The largest absolute Gasteiger partial charge is 0.480 e. The molecule has 0 spiro atoms. The Hall–Kier alpha value is -0.800. The monoisotopic (exact) mass is 247 g/mol. The Balaban J connectivity index is 4.66. The topological polar surface area (TPSA) is 94.9 Å². The van der Waals surface area contributed by atoms with Crippen LogP contribution in [-0.2, 0) is 14.8 Å². The standard InChI is InChI=1S/C6H11F2NO5S/c7-5(8)3-9(1-2-10)15(13,14)4-6(11)12/h5,10H,1-4H2,(H,11,12). The van der Waals surface area contributed by atoms with E-state index < -0.39 is 47.9 Å². The Morgan fingerprint density at radius 1 is 1.40 bits per heavy atom. The first-order valence-corrected chi connectivity index (χ1v) is 5.49. The third-order valence-electron chi connectivity index (χ3n) is 1.39. The lowest BCUT2D eigenvalue weighted by molar-refractivity contribution is -0.134. The maximum absolute atomic E-state index is 11.9. The fourth-order valence-corrected chi connectivity index (χ4v) is 2.05. The van der Waals surface area contributed by atoms with Gasteiger partial charge in [0.2, 0.25) is 10.0 Å². The van der Waals surface area contributed by atoms with E-state index >= 15 is 0 Å². The predicted octanol–water partition coefficient (Wildman–Crippen LogP) is -1.04. The normalized spacial score (nSPS) is 12.3. The number of rotatable bonds is 7. The van der Waals surface area contributed by atoms with Gasteiger partial charge in [-0.2, -0.15) is 4.31 Å². The number of carboxylic acids is 1. The quantitative estimate of drug-likeness (QED) is 0.599. The molecule has 0 aliphatic rings. The van der Waals surface area contributed by atoms with E-state index in [-0.39, 0.29) is 4.31 Å². The smallest absolute Gasteiger partial charge is 0.320 e. The number of aliphatic hydroxyl groups excluding tert-OH is 1. The molecule has 0 rings (SSSR count). The van der Waals surface area contributed by atoms with Crippen molar-refractivity contribution in [1.82, 2.24) is 4.31 Å². The van der Waals surface area contributed by atoms with Crippen LogP contribution in [0.1, 0.15) is 0 Å². The van der Waals surface area contributed by atoms with Crippen molar-refractivity contribution in [2.24, 2.45) is 0 Å². The summed E-state index contributed by atoms with van der Waals surface area (Å²) in [5.41, 5.74) is 0. The van der Waals surface area contributed by atoms with Gasteiger partial charge in [0.05, 0.1) is 13.2 Å². The van der Waals surface area contributed by atoms with E-state index in [1.807, 2.05) is 0 Å². The fourth-order valence-electron chi connectivity index (χ4n) is 0.857. The maximum atomic E-state index is 11.9. The van der Waals surface area contributed by atoms with Gasteiger partial charge >= 0.3 is 5.97 Å². The third-order valence-corrected chi connectivity index (χ3v) is 3.12. The SMILES string of the molecule is O=C(O)CS(=O)(=O)N(CCO)CC(F)F. The number of alkyl halides is 2. The number of aliphatic hydroxyl groups is 1. The van der Waals surface area contributed by atoms with E-state index in [1.54, 1.807) is 0 Å². The van der Waals surface area contributed by atoms with E-state index in [2.05, 4.69) is 0 Å². The van der Waals surface area contributed by atoms with Crippen LogP contribution in [0.25, 0.3) is 0 Å². The van der Waals surface area contributed by atoms with Crippen molar-refractivity contribution < 1.29 is 32.2 Å². The van der Waals surface area contributed by atoms with Crippen molar-refractivity contribution in [2.45, 2.75) is 6.43 Å². The van der Waals surface area contributed by atoms with Crippen molar-refractivity contribution in [3.63, 3.8) is 0 Å². The molecule has 0 aliphatic heterocycles. The van der Waals surface area contributed by atoms with Crippen LogP contribution in [0, 0.1) is 0 Å². The lowest BCUT2D eigenvalue weighted by Crippen LogP contribution is -2.40. The van der Waals surface area contributed by atoms with Crippen molar-refractivity contribution in [3.8, 4) is 0 Å². The van der Waals surface area contributed by atoms with Gasteiger partial charge in [0.15, 0.2) is 5.75 Å². The molecule has 0 amide bonds. The first kappa shape index (κ1) is 14.2. The van der Waals surface area contributed by atoms with Crippen LogP contribution in [0.5, 0.6) is 0 Å². The summed E-state index contributed by atoms with van der Waals surface area (Å²) in [6.07, 6.45) is -2.92. The van der Waals surface area contributed by atoms with Gasteiger partial charge in [-0.15, -0.1) is 0 Å². The zero-order chi connectivity index (χ0) is 12.1. The number of carbonyl (C=O) groups is 1. The Bertz CT molecular complexity index is 305. The summed E-state index contributed by atoms with van der Waals surface area (Å²) in [6.45, 7) is -2.30. The number of nitrogens with zero attached hydrogens (tertiary/aromatic N) is 1. The molecule has 0 aromatic rings. The highest BCUT2D eigenvalue weighted by Crippen LogP contribution is 2.05. The van der Waals surface area contributed by atoms with Crippen LogP contribution in [0.15, 0.2) is 0 Å². The van der Waals surface area contributed by atoms with Gasteiger partial charge in [-0.25, -0.2) is 17.2 Å². The lowest BCUT2D eigenvalue weighted by atomic mass is 10.6. The van der Waals surface area contributed by atoms with Crippen LogP contribution in [0.2, 0.25) is 0 Å². The van der Waals surface area contributed by atoms with E-state index in [4.69, 9.17) is 10.2 Å². The number of halogens is 2. The molecular formula is C6H11F2NO5S. The Kier molecular flexibility index (Phi) is 5.61. The average molecular weight is 247 g/mol. The summed E-state index contributed by atoms with van der Waals surface area (Å²) in [6, 6.07) is 0. The van der Waals surface area contributed by atoms with Crippen molar-refractivity contribution >= 4 is 16.0 Å². The van der Waals surface area contributed by atoms with Gasteiger partial charge in [-0.1, -0.05) is 0 Å². The predicted molar refractivity (Wildman–Crippen MR) is 46.1 cm³/mol. The molecule has 90 valence electrons. The number of hydrogen-bond acceptors (Lipinski definition) is 4. The van der Waals surface area contributed by atoms with Gasteiger partial charge in [0, 0.05) is 6.54 Å². The average Bonchev–Trinajstić information content (AvgIpc) is 2.00. The summed E-state index contributed by atoms with van der Waals surface area (Å²) in [5, 5.41) is 16.7. The molecule has 0 unspecified atom stereocenters. The van der Waals surface area contributed by atoms with E-state index in [0.29, 0.717) is 0 Å². The summed E-state index contributed by atoms with van der Waals surface area (Å²) >= 11 is 0. The first-order chi connectivity index (χ1) is 6.79. The Morgan fingerprint density at radius 3 is 2.27 bits per heavy atom. The Labute approximate surface area is 85.2 Å². The van der Waals surface area contributed by atoms with Gasteiger partial charge in [-0.05, 0) is 0 Å². The number of aliphatic carboxylic acids is 1. The number of sulfonamides is 1. The van der Waals surface area contributed by atoms with Crippen molar-refractivity contribution in [2.75, 3.05) is 25.4 Å². The minimum atomic E-state index is -4.29. The molecule has 0 aromatic carbocycles. The zero-order valence-electron chi connectivity index (χ0n) is 7.64. The summed E-state index contributed by atoms with van der Waals surface area (Å²) < 4.78 is 46.5.